The van der Waals surface area contributed by atoms with Crippen molar-refractivity contribution in [2.24, 2.45) is 11.0 Å². The molecule has 1 aromatic carbocycles. The van der Waals surface area contributed by atoms with Gasteiger partial charge in [0.1, 0.15) is 16.9 Å². The van der Waals surface area contributed by atoms with Gasteiger partial charge in [0.15, 0.2) is 5.82 Å². The Morgan fingerprint density at radius 2 is 2.12 bits per heavy atom. The lowest BCUT2D eigenvalue weighted by atomic mass is 9.89. The van der Waals surface area contributed by atoms with Crippen LogP contribution >= 0.6 is 11.3 Å². The van der Waals surface area contributed by atoms with Crippen molar-refractivity contribution in [2.45, 2.75) is 26.2 Å². The Labute approximate surface area is 150 Å². The zero-order valence-corrected chi connectivity index (χ0v) is 15.1. The standard InChI is InChI=1S/C19H20N4OS/c1-12-3-8-15-16(9-12)25-19-17(15)18(20-11-21-19)23-22-10-13-4-6-14(24-2)7-5-13/h4-7,10-12H,3,8-9H2,1-2H3,(H,20,21,23)/t12-/m0/s1. The third kappa shape index (κ3) is 3.22. The van der Waals surface area contributed by atoms with Crippen LogP contribution in [0.15, 0.2) is 35.7 Å². The average molecular weight is 352 g/mol. The first kappa shape index (κ1) is 16.0. The molecule has 0 saturated carbocycles. The second kappa shape index (κ2) is 6.80. The highest BCUT2D eigenvalue weighted by atomic mass is 32.1. The third-order valence-electron chi connectivity index (χ3n) is 4.59. The lowest BCUT2D eigenvalue weighted by molar-refractivity contribution is 0.415. The molecule has 0 saturated heterocycles. The van der Waals surface area contributed by atoms with E-state index in [1.165, 1.54) is 16.9 Å². The smallest absolute Gasteiger partial charge is 0.158 e. The van der Waals surface area contributed by atoms with E-state index in [2.05, 4.69) is 27.4 Å². The molecule has 0 spiro atoms. The highest BCUT2D eigenvalue weighted by molar-refractivity contribution is 7.19. The number of aromatic nitrogens is 2. The maximum Gasteiger partial charge on any atom is 0.158 e. The second-order valence-corrected chi connectivity index (χ2v) is 7.48. The molecule has 0 amide bonds. The number of thiophene rings is 1. The van der Waals surface area contributed by atoms with Crippen LogP contribution in [0.25, 0.3) is 10.2 Å². The van der Waals surface area contributed by atoms with Gasteiger partial charge in [-0.1, -0.05) is 6.92 Å². The van der Waals surface area contributed by atoms with Gasteiger partial charge in [-0.3, -0.25) is 5.43 Å². The van der Waals surface area contributed by atoms with E-state index in [1.54, 1.807) is 31.0 Å². The summed E-state index contributed by atoms with van der Waals surface area (Å²) < 4.78 is 5.17. The van der Waals surface area contributed by atoms with E-state index in [1.807, 2.05) is 24.3 Å². The number of hydrogen-bond acceptors (Lipinski definition) is 6. The molecule has 0 radical (unpaired) electrons. The maximum absolute atomic E-state index is 5.17. The minimum Gasteiger partial charge on any atom is -0.497 e. The number of ether oxygens (including phenoxy) is 1. The molecule has 1 aliphatic rings. The molecule has 1 aliphatic carbocycles. The molecule has 1 N–H and O–H groups in total. The molecule has 1 atom stereocenters. The van der Waals surface area contributed by atoms with Crippen LogP contribution in [0.3, 0.4) is 0 Å². The minimum atomic E-state index is 0.748. The second-order valence-electron chi connectivity index (χ2n) is 6.40. The Bertz CT molecular complexity index is 917. The molecule has 128 valence electrons. The van der Waals surface area contributed by atoms with Crippen molar-refractivity contribution in [3.63, 3.8) is 0 Å². The molecule has 2 aromatic heterocycles. The average Bonchev–Trinajstić information content (AvgIpc) is 3.00. The van der Waals surface area contributed by atoms with E-state index in [-0.39, 0.29) is 0 Å². The number of benzene rings is 1. The predicted molar refractivity (Wildman–Crippen MR) is 103 cm³/mol. The number of hydrazone groups is 1. The van der Waals surface area contributed by atoms with Gasteiger partial charge in [0.25, 0.3) is 0 Å². The number of nitrogens with one attached hydrogen (secondary N) is 1. The Balaban J connectivity index is 1.59. The van der Waals surface area contributed by atoms with Gasteiger partial charge in [0, 0.05) is 4.88 Å². The Hall–Kier alpha value is -2.47. The van der Waals surface area contributed by atoms with Crippen LogP contribution in [0.2, 0.25) is 0 Å². The van der Waals surface area contributed by atoms with Gasteiger partial charge in [-0.25, -0.2) is 9.97 Å². The number of methoxy groups -OCH3 is 1. The fraction of sp³-hybridized carbons (Fsp3) is 0.316. The van der Waals surface area contributed by atoms with Crippen molar-refractivity contribution in [2.75, 3.05) is 12.5 Å². The van der Waals surface area contributed by atoms with Gasteiger partial charge < -0.3 is 4.74 Å². The first-order valence-corrected chi connectivity index (χ1v) is 9.24. The van der Waals surface area contributed by atoms with Gasteiger partial charge in [-0.2, -0.15) is 5.10 Å². The van der Waals surface area contributed by atoms with E-state index in [0.29, 0.717) is 0 Å². The lowest BCUT2D eigenvalue weighted by Crippen LogP contribution is -2.09. The van der Waals surface area contributed by atoms with Crippen molar-refractivity contribution in [1.29, 1.82) is 0 Å². The normalized spacial score (nSPS) is 17.0. The van der Waals surface area contributed by atoms with Crippen LogP contribution in [-0.2, 0) is 12.8 Å². The van der Waals surface area contributed by atoms with E-state index in [4.69, 9.17) is 4.74 Å². The van der Waals surface area contributed by atoms with Gasteiger partial charge in [-0.15, -0.1) is 11.3 Å². The summed E-state index contributed by atoms with van der Waals surface area (Å²) in [6.45, 7) is 2.32. The van der Waals surface area contributed by atoms with Crippen molar-refractivity contribution in [3.8, 4) is 5.75 Å². The Morgan fingerprint density at radius 3 is 2.92 bits per heavy atom. The molecule has 25 heavy (non-hydrogen) atoms. The van der Waals surface area contributed by atoms with Crippen molar-refractivity contribution in [3.05, 3.63) is 46.6 Å². The summed E-state index contributed by atoms with van der Waals surface area (Å²) in [7, 11) is 1.66. The quantitative estimate of drug-likeness (QED) is 0.563. The number of aryl methyl sites for hydroxylation is 1. The van der Waals surface area contributed by atoms with E-state index in [9.17, 15) is 0 Å². The Kier molecular flexibility index (Phi) is 4.36. The van der Waals surface area contributed by atoms with E-state index >= 15 is 0 Å². The summed E-state index contributed by atoms with van der Waals surface area (Å²) in [5, 5.41) is 5.50. The van der Waals surface area contributed by atoms with Crippen LogP contribution < -0.4 is 10.2 Å². The molecule has 0 bridgehead atoms. The van der Waals surface area contributed by atoms with Crippen molar-refractivity contribution >= 4 is 33.6 Å². The fourth-order valence-electron chi connectivity index (χ4n) is 3.22. The van der Waals surface area contributed by atoms with Crippen LogP contribution in [0.1, 0.15) is 29.3 Å². The fourth-order valence-corrected chi connectivity index (χ4v) is 4.57. The molecule has 5 nitrogen and oxygen atoms in total. The van der Waals surface area contributed by atoms with Gasteiger partial charge in [0.05, 0.1) is 18.7 Å². The zero-order chi connectivity index (χ0) is 17.2. The number of anilines is 1. The lowest BCUT2D eigenvalue weighted by Gasteiger charge is -2.18. The number of rotatable bonds is 4. The first-order valence-electron chi connectivity index (χ1n) is 8.43. The van der Waals surface area contributed by atoms with Crippen LogP contribution in [0.5, 0.6) is 5.75 Å². The molecule has 3 aromatic rings. The highest BCUT2D eigenvalue weighted by Gasteiger charge is 2.22. The summed E-state index contributed by atoms with van der Waals surface area (Å²) in [5.74, 6) is 2.38. The number of fused-ring (bicyclic) bond motifs is 3. The van der Waals surface area contributed by atoms with Crippen molar-refractivity contribution < 1.29 is 4.74 Å². The third-order valence-corrected chi connectivity index (χ3v) is 5.75. The zero-order valence-electron chi connectivity index (χ0n) is 14.3. The largest absolute Gasteiger partial charge is 0.497 e. The summed E-state index contributed by atoms with van der Waals surface area (Å²) in [5.41, 5.74) is 5.51. The molecule has 2 heterocycles. The number of hydrogen-bond donors (Lipinski definition) is 1. The summed E-state index contributed by atoms with van der Waals surface area (Å²) >= 11 is 1.79. The van der Waals surface area contributed by atoms with Crippen molar-refractivity contribution in [1.82, 2.24) is 9.97 Å². The summed E-state index contributed by atoms with van der Waals surface area (Å²) in [6, 6.07) is 7.77. The molecule has 0 fully saturated rings. The van der Waals surface area contributed by atoms with Crippen LogP contribution in [0.4, 0.5) is 5.82 Å². The van der Waals surface area contributed by atoms with Crippen LogP contribution in [-0.4, -0.2) is 23.3 Å². The molecule has 6 heteroatoms. The maximum atomic E-state index is 5.17. The SMILES string of the molecule is COc1ccc(C=NNc2ncnc3sc4c(c23)CC[C@H](C)C4)cc1. The molecule has 4 rings (SSSR count). The predicted octanol–water partition coefficient (Wildman–Crippen LogP) is 4.27. The summed E-state index contributed by atoms with van der Waals surface area (Å²) in [6.07, 6.45) is 6.86. The molecular formula is C19H20N4OS. The van der Waals surface area contributed by atoms with Crippen LogP contribution in [0, 0.1) is 5.92 Å². The first-order chi connectivity index (χ1) is 12.2. The molecular weight excluding hydrogens is 332 g/mol. The van der Waals surface area contributed by atoms with E-state index in [0.717, 1.165) is 46.1 Å². The Morgan fingerprint density at radius 1 is 1.28 bits per heavy atom. The minimum absolute atomic E-state index is 0.748. The van der Waals surface area contributed by atoms with Gasteiger partial charge in [-0.05, 0) is 60.6 Å². The topological polar surface area (TPSA) is 59.4 Å². The number of nitrogens with zero attached hydrogens (tertiary/aromatic N) is 3. The molecule has 0 unspecified atom stereocenters. The monoisotopic (exact) mass is 352 g/mol. The van der Waals surface area contributed by atoms with E-state index < -0.39 is 0 Å². The highest BCUT2D eigenvalue weighted by Crippen LogP contribution is 2.39. The van der Waals surface area contributed by atoms with Gasteiger partial charge >= 0.3 is 0 Å². The van der Waals surface area contributed by atoms with Gasteiger partial charge in [0.2, 0.25) is 0 Å². The summed E-state index contributed by atoms with van der Waals surface area (Å²) in [4.78, 5) is 11.4. The molecule has 0 aliphatic heterocycles.